The second-order valence-electron chi connectivity index (χ2n) is 8.06. The van der Waals surface area contributed by atoms with Crippen molar-refractivity contribution in [2.75, 3.05) is 0 Å². The maximum absolute atomic E-state index is 10.8. The number of hydrogen-bond acceptors (Lipinski definition) is 4. The number of benzene rings is 3. The van der Waals surface area contributed by atoms with E-state index in [0.717, 1.165) is 38.9 Å². The molecule has 0 spiro atoms. The molecule has 4 aromatic rings. The second-order valence-corrected chi connectivity index (χ2v) is 8.49. The van der Waals surface area contributed by atoms with Crippen molar-refractivity contribution < 1.29 is 20.1 Å². The molecule has 34 heavy (non-hydrogen) atoms. The van der Waals surface area contributed by atoms with Crippen LogP contribution in [0.25, 0.3) is 39.4 Å². The van der Waals surface area contributed by atoms with E-state index in [0.29, 0.717) is 5.02 Å². The molecule has 2 atom stereocenters. The molecule has 3 aromatic carbocycles. The average Bonchev–Trinajstić information content (AvgIpc) is 2.82. The van der Waals surface area contributed by atoms with Gasteiger partial charge in [-0.3, -0.25) is 4.79 Å². The van der Waals surface area contributed by atoms with Crippen molar-refractivity contribution in [3.05, 3.63) is 95.5 Å². The molecule has 0 aliphatic heterocycles. The van der Waals surface area contributed by atoms with Gasteiger partial charge in [-0.15, -0.1) is 0 Å². The fourth-order valence-corrected chi connectivity index (χ4v) is 4.17. The number of rotatable bonds is 8. The van der Waals surface area contributed by atoms with Crippen molar-refractivity contribution in [3.63, 3.8) is 0 Å². The summed E-state index contributed by atoms with van der Waals surface area (Å²) >= 11 is 6.35. The van der Waals surface area contributed by atoms with Crippen LogP contribution in [0.5, 0.6) is 0 Å². The SMILES string of the molecule is O=C(O)CC(O)CC(O)/C=C/c1c(-c2ccccc2)nc2ccc(Cl)cc2c1-c1ccccc1. The Morgan fingerprint density at radius 3 is 2.24 bits per heavy atom. The van der Waals surface area contributed by atoms with Gasteiger partial charge in [0, 0.05) is 33.5 Å². The smallest absolute Gasteiger partial charge is 0.305 e. The van der Waals surface area contributed by atoms with Crippen LogP contribution < -0.4 is 0 Å². The van der Waals surface area contributed by atoms with Gasteiger partial charge in [0.2, 0.25) is 0 Å². The number of halogens is 1. The van der Waals surface area contributed by atoms with Gasteiger partial charge in [0.1, 0.15) is 0 Å². The maximum Gasteiger partial charge on any atom is 0.305 e. The van der Waals surface area contributed by atoms with E-state index in [4.69, 9.17) is 21.7 Å². The van der Waals surface area contributed by atoms with Crippen LogP contribution in [0, 0.1) is 0 Å². The summed E-state index contributed by atoms with van der Waals surface area (Å²) in [6, 6.07) is 25.2. The summed E-state index contributed by atoms with van der Waals surface area (Å²) in [5, 5.41) is 30.8. The number of aromatic nitrogens is 1. The van der Waals surface area contributed by atoms with Gasteiger partial charge in [0.05, 0.1) is 29.8 Å². The van der Waals surface area contributed by atoms with Gasteiger partial charge in [-0.2, -0.15) is 0 Å². The molecule has 2 unspecified atom stereocenters. The van der Waals surface area contributed by atoms with Gasteiger partial charge in [-0.25, -0.2) is 4.98 Å². The number of aliphatic carboxylic acids is 1. The summed E-state index contributed by atoms with van der Waals surface area (Å²) in [4.78, 5) is 15.8. The van der Waals surface area contributed by atoms with E-state index in [9.17, 15) is 15.0 Å². The Kier molecular flexibility index (Phi) is 7.38. The molecule has 172 valence electrons. The van der Waals surface area contributed by atoms with Gasteiger partial charge in [0.15, 0.2) is 0 Å². The van der Waals surface area contributed by atoms with Crippen molar-refractivity contribution in [1.29, 1.82) is 0 Å². The van der Waals surface area contributed by atoms with E-state index in [1.807, 2.05) is 78.9 Å². The summed E-state index contributed by atoms with van der Waals surface area (Å²) in [6.45, 7) is 0. The van der Waals surface area contributed by atoms with Crippen molar-refractivity contribution in [3.8, 4) is 22.4 Å². The van der Waals surface area contributed by atoms with Gasteiger partial charge in [0.25, 0.3) is 0 Å². The number of pyridine rings is 1. The summed E-state index contributed by atoms with van der Waals surface area (Å²) in [5.74, 6) is -1.11. The molecular weight excluding hydrogens is 450 g/mol. The Labute approximate surface area is 202 Å². The van der Waals surface area contributed by atoms with Crippen LogP contribution in [-0.4, -0.2) is 38.5 Å². The van der Waals surface area contributed by atoms with Crippen molar-refractivity contribution in [2.45, 2.75) is 25.0 Å². The number of aliphatic hydroxyl groups is 2. The summed E-state index contributed by atoms with van der Waals surface area (Å²) in [7, 11) is 0. The minimum Gasteiger partial charge on any atom is -0.481 e. The highest BCUT2D eigenvalue weighted by molar-refractivity contribution is 6.31. The van der Waals surface area contributed by atoms with Crippen molar-refractivity contribution in [1.82, 2.24) is 4.98 Å². The lowest BCUT2D eigenvalue weighted by atomic mass is 9.91. The van der Waals surface area contributed by atoms with Crippen LogP contribution in [0.1, 0.15) is 18.4 Å². The number of nitrogens with zero attached hydrogens (tertiary/aromatic N) is 1. The van der Waals surface area contributed by atoms with Crippen molar-refractivity contribution in [2.24, 2.45) is 0 Å². The maximum atomic E-state index is 10.8. The normalized spacial score (nSPS) is 13.3. The van der Waals surface area contributed by atoms with E-state index < -0.39 is 24.6 Å². The Morgan fingerprint density at radius 2 is 1.59 bits per heavy atom. The van der Waals surface area contributed by atoms with Gasteiger partial charge in [-0.1, -0.05) is 84.4 Å². The van der Waals surface area contributed by atoms with E-state index >= 15 is 0 Å². The number of fused-ring (bicyclic) bond motifs is 1. The number of carboxylic acids is 1. The molecule has 0 bridgehead atoms. The highest BCUT2D eigenvalue weighted by Gasteiger charge is 2.18. The first-order chi connectivity index (χ1) is 16.4. The molecule has 0 fully saturated rings. The fourth-order valence-electron chi connectivity index (χ4n) is 3.99. The van der Waals surface area contributed by atoms with Crippen LogP contribution in [0.2, 0.25) is 5.02 Å². The Bertz CT molecular complexity index is 1320. The molecule has 6 heteroatoms. The zero-order chi connectivity index (χ0) is 24.1. The molecule has 3 N–H and O–H groups in total. The topological polar surface area (TPSA) is 90.7 Å². The number of carboxylic acid groups (broad SMARTS) is 1. The van der Waals surface area contributed by atoms with Gasteiger partial charge in [-0.05, 0) is 23.8 Å². The second kappa shape index (κ2) is 10.6. The highest BCUT2D eigenvalue weighted by Crippen LogP contribution is 2.38. The quantitative estimate of drug-likeness (QED) is 0.300. The number of carbonyl (C=O) groups is 1. The molecular formula is C28H24ClNO4. The Morgan fingerprint density at radius 1 is 0.941 bits per heavy atom. The Balaban J connectivity index is 1.91. The van der Waals surface area contributed by atoms with Crippen LogP contribution in [0.3, 0.4) is 0 Å². The lowest BCUT2D eigenvalue weighted by Crippen LogP contribution is -2.19. The number of aliphatic hydroxyl groups excluding tert-OH is 2. The first kappa shape index (κ1) is 23.6. The van der Waals surface area contributed by atoms with Crippen molar-refractivity contribution >= 4 is 34.5 Å². The van der Waals surface area contributed by atoms with Gasteiger partial charge < -0.3 is 15.3 Å². The van der Waals surface area contributed by atoms with E-state index in [1.165, 1.54) is 0 Å². The number of hydrogen-bond donors (Lipinski definition) is 3. The third-order valence-corrected chi connectivity index (χ3v) is 5.74. The predicted octanol–water partition coefficient (Wildman–Crippen LogP) is 5.82. The molecule has 4 rings (SSSR count). The zero-order valence-corrected chi connectivity index (χ0v) is 19.1. The van der Waals surface area contributed by atoms with E-state index in [1.54, 1.807) is 12.2 Å². The standard InChI is InChI=1S/C28H24ClNO4/c29-20-11-14-25-24(15-20)27(18-7-3-1-4-8-18)23(28(30-25)19-9-5-2-6-10-19)13-12-21(31)16-22(32)17-26(33)34/h1-15,21-22,31-32H,16-17H2,(H,33,34)/b13-12+. The van der Waals surface area contributed by atoms with E-state index in [2.05, 4.69) is 0 Å². The summed E-state index contributed by atoms with van der Waals surface area (Å²) in [5.41, 5.74) is 5.12. The molecule has 0 amide bonds. The largest absolute Gasteiger partial charge is 0.481 e. The molecule has 0 radical (unpaired) electrons. The lowest BCUT2D eigenvalue weighted by Gasteiger charge is -2.17. The first-order valence-corrected chi connectivity index (χ1v) is 11.3. The van der Waals surface area contributed by atoms with Gasteiger partial charge >= 0.3 is 5.97 Å². The first-order valence-electron chi connectivity index (χ1n) is 10.9. The fraction of sp³-hybridized carbons (Fsp3) is 0.143. The molecule has 1 heterocycles. The molecule has 1 aromatic heterocycles. The van der Waals surface area contributed by atoms with E-state index in [-0.39, 0.29) is 6.42 Å². The summed E-state index contributed by atoms with van der Waals surface area (Å²) in [6.07, 6.45) is 0.667. The molecule has 5 nitrogen and oxygen atoms in total. The molecule has 0 aliphatic rings. The molecule has 0 aliphatic carbocycles. The summed E-state index contributed by atoms with van der Waals surface area (Å²) < 4.78 is 0. The predicted molar refractivity (Wildman–Crippen MR) is 136 cm³/mol. The minimum atomic E-state index is -1.15. The average molecular weight is 474 g/mol. The monoisotopic (exact) mass is 473 g/mol. The highest BCUT2D eigenvalue weighted by atomic mass is 35.5. The molecule has 0 saturated heterocycles. The van der Waals surface area contributed by atoms with Crippen LogP contribution in [0.4, 0.5) is 0 Å². The third-order valence-electron chi connectivity index (χ3n) is 5.50. The van der Waals surface area contributed by atoms with Crippen LogP contribution >= 0.6 is 11.6 Å². The van der Waals surface area contributed by atoms with Crippen LogP contribution in [-0.2, 0) is 4.79 Å². The molecule has 0 saturated carbocycles. The Hall–Kier alpha value is -3.51. The van der Waals surface area contributed by atoms with Crippen LogP contribution in [0.15, 0.2) is 84.9 Å². The minimum absolute atomic E-state index is 0.0863. The lowest BCUT2D eigenvalue weighted by molar-refractivity contribution is -0.139. The third kappa shape index (κ3) is 5.51. The zero-order valence-electron chi connectivity index (χ0n) is 18.3.